The number of nitrogens with zero attached hydrogens (tertiary/aromatic N) is 2. The first-order chi connectivity index (χ1) is 8.13. The maximum Gasteiger partial charge on any atom is 0.222 e. The van der Waals surface area contributed by atoms with Gasteiger partial charge in [0.05, 0.1) is 0 Å². The monoisotopic (exact) mass is 241 g/mol. The van der Waals surface area contributed by atoms with Crippen LogP contribution < -0.4 is 5.73 Å². The number of hydrogen-bond acceptors (Lipinski definition) is 3. The Morgan fingerprint density at radius 2 is 1.76 bits per heavy atom. The van der Waals surface area contributed by atoms with Crippen LogP contribution >= 0.6 is 0 Å². The van der Waals surface area contributed by atoms with Gasteiger partial charge in [0.15, 0.2) is 0 Å². The molecule has 0 radical (unpaired) electrons. The van der Waals surface area contributed by atoms with E-state index in [-0.39, 0.29) is 11.8 Å². The fourth-order valence-corrected chi connectivity index (χ4v) is 1.98. The van der Waals surface area contributed by atoms with Gasteiger partial charge >= 0.3 is 0 Å². The lowest BCUT2D eigenvalue weighted by molar-refractivity contribution is -0.133. The average Bonchev–Trinajstić information content (AvgIpc) is 2.34. The molecule has 5 heteroatoms. The van der Waals surface area contributed by atoms with E-state index >= 15 is 0 Å². The van der Waals surface area contributed by atoms with Crippen LogP contribution in [0.4, 0.5) is 0 Å². The molecule has 1 rings (SSSR count). The molecule has 1 heterocycles. The van der Waals surface area contributed by atoms with Crippen molar-refractivity contribution in [1.82, 2.24) is 9.80 Å². The molecule has 0 aliphatic carbocycles. The lowest BCUT2D eigenvalue weighted by Crippen LogP contribution is -2.49. The first-order valence-electron chi connectivity index (χ1n) is 6.42. The van der Waals surface area contributed by atoms with E-state index < -0.39 is 0 Å². The number of primary amides is 1. The molecule has 0 saturated carbocycles. The highest BCUT2D eigenvalue weighted by Gasteiger charge is 2.20. The van der Waals surface area contributed by atoms with Gasteiger partial charge in [-0.2, -0.15) is 0 Å². The lowest BCUT2D eigenvalue weighted by atomic mass is 10.2. The van der Waals surface area contributed by atoms with E-state index in [0.717, 1.165) is 39.0 Å². The normalized spacial score (nSPS) is 17.1. The molecule has 0 atom stereocenters. The van der Waals surface area contributed by atoms with Crippen LogP contribution in [-0.4, -0.2) is 54.3 Å². The summed E-state index contributed by atoms with van der Waals surface area (Å²) in [7, 11) is 0. The molecule has 17 heavy (non-hydrogen) atoms. The topological polar surface area (TPSA) is 66.6 Å². The van der Waals surface area contributed by atoms with Crippen LogP contribution in [0.3, 0.4) is 0 Å². The van der Waals surface area contributed by atoms with Gasteiger partial charge in [-0.15, -0.1) is 0 Å². The van der Waals surface area contributed by atoms with Gasteiger partial charge < -0.3 is 10.6 Å². The molecule has 1 aliphatic rings. The van der Waals surface area contributed by atoms with E-state index in [0.29, 0.717) is 19.4 Å². The Balaban J connectivity index is 2.20. The summed E-state index contributed by atoms with van der Waals surface area (Å²) in [5.41, 5.74) is 5.11. The van der Waals surface area contributed by atoms with Crippen LogP contribution in [0.1, 0.15) is 32.6 Å². The zero-order chi connectivity index (χ0) is 12.7. The minimum Gasteiger partial charge on any atom is -0.370 e. The van der Waals surface area contributed by atoms with E-state index in [9.17, 15) is 9.59 Å². The van der Waals surface area contributed by atoms with Gasteiger partial charge in [0.25, 0.3) is 0 Å². The zero-order valence-electron chi connectivity index (χ0n) is 10.7. The molecule has 0 aromatic heterocycles. The standard InChI is InChI=1S/C12H23N3O2/c1-2-3-4-12(17)15-9-7-14(8-10-15)6-5-11(13)16/h2-10H2,1H3,(H2,13,16). The van der Waals surface area contributed by atoms with Crippen molar-refractivity contribution in [2.75, 3.05) is 32.7 Å². The van der Waals surface area contributed by atoms with Crippen LogP contribution in [-0.2, 0) is 9.59 Å². The molecule has 5 nitrogen and oxygen atoms in total. The quantitative estimate of drug-likeness (QED) is 0.722. The highest BCUT2D eigenvalue weighted by molar-refractivity contribution is 5.76. The van der Waals surface area contributed by atoms with E-state index in [1.807, 2.05) is 4.90 Å². The van der Waals surface area contributed by atoms with Crippen molar-refractivity contribution in [1.29, 1.82) is 0 Å². The Labute approximate surface area is 103 Å². The van der Waals surface area contributed by atoms with Crippen molar-refractivity contribution in [3.8, 4) is 0 Å². The largest absolute Gasteiger partial charge is 0.370 e. The summed E-state index contributed by atoms with van der Waals surface area (Å²) in [6.45, 7) is 6.07. The predicted molar refractivity (Wildman–Crippen MR) is 66.4 cm³/mol. The Bertz CT molecular complexity index is 260. The molecular weight excluding hydrogens is 218 g/mol. The van der Waals surface area contributed by atoms with Crippen LogP contribution in [0.15, 0.2) is 0 Å². The van der Waals surface area contributed by atoms with Gasteiger partial charge in [-0.1, -0.05) is 13.3 Å². The van der Waals surface area contributed by atoms with Crippen molar-refractivity contribution >= 4 is 11.8 Å². The van der Waals surface area contributed by atoms with Gasteiger partial charge in [-0.3, -0.25) is 14.5 Å². The van der Waals surface area contributed by atoms with Crippen molar-refractivity contribution in [3.63, 3.8) is 0 Å². The average molecular weight is 241 g/mol. The summed E-state index contributed by atoms with van der Waals surface area (Å²) < 4.78 is 0. The smallest absolute Gasteiger partial charge is 0.222 e. The van der Waals surface area contributed by atoms with Crippen LogP contribution in [0.2, 0.25) is 0 Å². The van der Waals surface area contributed by atoms with Gasteiger partial charge in [0.2, 0.25) is 11.8 Å². The molecule has 0 bridgehead atoms. The van der Waals surface area contributed by atoms with Gasteiger partial charge in [-0.05, 0) is 6.42 Å². The van der Waals surface area contributed by atoms with E-state index in [1.54, 1.807) is 0 Å². The maximum atomic E-state index is 11.8. The number of nitrogens with two attached hydrogens (primary N) is 1. The minimum absolute atomic E-state index is 0.258. The van der Waals surface area contributed by atoms with Crippen molar-refractivity contribution in [2.24, 2.45) is 5.73 Å². The van der Waals surface area contributed by atoms with Crippen molar-refractivity contribution in [3.05, 3.63) is 0 Å². The Morgan fingerprint density at radius 1 is 1.12 bits per heavy atom. The molecule has 0 spiro atoms. The van der Waals surface area contributed by atoms with E-state index in [2.05, 4.69) is 11.8 Å². The summed E-state index contributed by atoms with van der Waals surface area (Å²) >= 11 is 0. The second-order valence-corrected chi connectivity index (χ2v) is 4.54. The third kappa shape index (κ3) is 5.17. The summed E-state index contributed by atoms with van der Waals surface area (Å²) in [5, 5.41) is 0. The van der Waals surface area contributed by atoms with Gasteiger partial charge in [0.1, 0.15) is 0 Å². The number of unbranched alkanes of at least 4 members (excludes halogenated alkanes) is 1. The lowest BCUT2D eigenvalue weighted by Gasteiger charge is -2.34. The number of hydrogen-bond donors (Lipinski definition) is 1. The van der Waals surface area contributed by atoms with Crippen LogP contribution in [0.25, 0.3) is 0 Å². The summed E-state index contributed by atoms with van der Waals surface area (Å²) in [5.74, 6) is 0.00727. The Hall–Kier alpha value is -1.10. The fraction of sp³-hybridized carbons (Fsp3) is 0.833. The third-order valence-corrected chi connectivity index (χ3v) is 3.14. The number of carbonyl (C=O) groups is 2. The van der Waals surface area contributed by atoms with Crippen LogP contribution in [0.5, 0.6) is 0 Å². The van der Waals surface area contributed by atoms with Crippen molar-refractivity contribution < 1.29 is 9.59 Å². The highest BCUT2D eigenvalue weighted by Crippen LogP contribution is 2.06. The van der Waals surface area contributed by atoms with E-state index in [4.69, 9.17) is 5.73 Å². The first-order valence-corrected chi connectivity index (χ1v) is 6.42. The molecule has 0 unspecified atom stereocenters. The summed E-state index contributed by atoms with van der Waals surface area (Å²) in [6.07, 6.45) is 3.10. The fourth-order valence-electron chi connectivity index (χ4n) is 1.98. The molecule has 1 aliphatic heterocycles. The summed E-state index contributed by atoms with van der Waals surface area (Å²) in [4.78, 5) is 26.5. The van der Waals surface area contributed by atoms with E-state index in [1.165, 1.54) is 0 Å². The number of rotatable bonds is 6. The van der Waals surface area contributed by atoms with Gasteiger partial charge in [0, 0.05) is 45.6 Å². The number of amides is 2. The highest BCUT2D eigenvalue weighted by atomic mass is 16.2. The van der Waals surface area contributed by atoms with Crippen molar-refractivity contribution in [2.45, 2.75) is 32.6 Å². The SMILES string of the molecule is CCCCC(=O)N1CCN(CCC(N)=O)CC1. The molecule has 2 amide bonds. The first kappa shape index (κ1) is 14.0. The zero-order valence-corrected chi connectivity index (χ0v) is 10.7. The minimum atomic E-state index is -0.258. The molecular formula is C12H23N3O2. The van der Waals surface area contributed by atoms with Crippen LogP contribution in [0, 0.1) is 0 Å². The Kier molecular flexibility index (Phi) is 5.97. The number of carbonyl (C=O) groups excluding carboxylic acids is 2. The molecule has 2 N–H and O–H groups in total. The summed E-state index contributed by atoms with van der Waals surface area (Å²) in [6, 6.07) is 0. The molecule has 0 aromatic carbocycles. The maximum absolute atomic E-state index is 11.8. The molecule has 1 fully saturated rings. The Morgan fingerprint density at radius 3 is 2.29 bits per heavy atom. The third-order valence-electron chi connectivity index (χ3n) is 3.14. The molecule has 1 saturated heterocycles. The number of piperazine rings is 1. The molecule has 98 valence electrons. The second kappa shape index (κ2) is 7.27. The molecule has 0 aromatic rings. The van der Waals surface area contributed by atoms with Gasteiger partial charge in [-0.25, -0.2) is 0 Å². The predicted octanol–water partition coefficient (Wildman–Crippen LogP) is 0.196. The second-order valence-electron chi connectivity index (χ2n) is 4.54.